The standard InChI is InChI=1S/C24H32ClN5O6S/c1-23(2,3)36-22(32)27-37(33,34)29-12-10-28(11-13-29)19-15-26-30(18-7-5-6-17(25)14-18)21(31)20(19)35-16-24(4)8-9-24/h5-7,14-15H,8-13,16H2,1-4H3,(H,27,32). The minimum absolute atomic E-state index is 0.0357. The zero-order chi connectivity index (χ0) is 27.0. The molecule has 0 radical (unpaired) electrons. The molecule has 0 atom stereocenters. The monoisotopic (exact) mass is 553 g/mol. The Morgan fingerprint density at radius 2 is 1.86 bits per heavy atom. The number of piperazine rings is 1. The van der Waals surface area contributed by atoms with Crippen LogP contribution in [-0.4, -0.2) is 67.0 Å². The van der Waals surface area contributed by atoms with Gasteiger partial charge >= 0.3 is 21.9 Å². The minimum Gasteiger partial charge on any atom is -0.486 e. The highest BCUT2D eigenvalue weighted by atomic mass is 35.5. The maximum absolute atomic E-state index is 13.5. The molecule has 1 saturated heterocycles. The zero-order valence-electron chi connectivity index (χ0n) is 21.4. The summed E-state index contributed by atoms with van der Waals surface area (Å²) in [6, 6.07) is 6.81. The van der Waals surface area contributed by atoms with E-state index in [0.29, 0.717) is 23.0 Å². The van der Waals surface area contributed by atoms with Crippen LogP contribution >= 0.6 is 11.6 Å². The Morgan fingerprint density at radius 1 is 1.19 bits per heavy atom. The maximum Gasteiger partial charge on any atom is 0.422 e. The fourth-order valence-corrected chi connectivity index (χ4v) is 5.03. The van der Waals surface area contributed by atoms with E-state index in [-0.39, 0.29) is 37.3 Å². The van der Waals surface area contributed by atoms with Crippen LogP contribution in [0.15, 0.2) is 35.3 Å². The molecule has 2 fully saturated rings. The molecule has 1 aromatic carbocycles. The third-order valence-corrected chi connectivity index (χ3v) is 7.87. The van der Waals surface area contributed by atoms with Crippen LogP contribution in [0.25, 0.3) is 5.69 Å². The third-order valence-electron chi connectivity index (χ3n) is 6.17. The van der Waals surface area contributed by atoms with Crippen LogP contribution in [0.3, 0.4) is 0 Å². The maximum atomic E-state index is 13.5. The van der Waals surface area contributed by atoms with E-state index in [9.17, 15) is 18.0 Å². The number of rotatable bonds is 7. The molecule has 0 unspecified atom stereocenters. The van der Waals surface area contributed by atoms with Crippen molar-refractivity contribution in [2.45, 2.75) is 46.1 Å². The van der Waals surface area contributed by atoms with Crippen LogP contribution in [0.5, 0.6) is 5.75 Å². The SMILES string of the molecule is CC1(COc2c(N3CCN(S(=O)(=O)NC(=O)OC(C)(C)C)CC3)cnn(-c3cccc(Cl)c3)c2=O)CC1. The van der Waals surface area contributed by atoms with Crippen LogP contribution in [-0.2, 0) is 14.9 Å². The van der Waals surface area contributed by atoms with E-state index in [1.165, 1.54) is 8.99 Å². The fourth-order valence-electron chi connectivity index (χ4n) is 3.82. The number of ether oxygens (including phenoxy) is 2. The average Bonchev–Trinajstić information content (AvgIpc) is 3.53. The number of halogens is 1. The lowest BCUT2D eigenvalue weighted by atomic mass is 10.2. The van der Waals surface area contributed by atoms with E-state index >= 15 is 0 Å². The average molecular weight is 554 g/mol. The fraction of sp³-hybridized carbons (Fsp3) is 0.542. The summed E-state index contributed by atoms with van der Waals surface area (Å²) < 4.78 is 40.9. The summed E-state index contributed by atoms with van der Waals surface area (Å²) in [7, 11) is -4.09. The molecule has 1 saturated carbocycles. The summed E-state index contributed by atoms with van der Waals surface area (Å²) in [5, 5.41) is 4.82. The molecule has 4 rings (SSSR count). The second-order valence-corrected chi connectivity index (χ2v) is 12.8. The molecule has 2 heterocycles. The van der Waals surface area contributed by atoms with Gasteiger partial charge in [-0.2, -0.15) is 22.5 Å². The Bertz CT molecular complexity index is 1330. The van der Waals surface area contributed by atoms with Gasteiger partial charge in [0.2, 0.25) is 5.75 Å². The first kappa shape index (κ1) is 27.2. The summed E-state index contributed by atoms with van der Waals surface area (Å²) in [5.74, 6) is 0.159. The van der Waals surface area contributed by atoms with Crippen molar-refractivity contribution >= 4 is 33.6 Å². The summed E-state index contributed by atoms with van der Waals surface area (Å²) in [6.07, 6.45) is 2.57. The molecule has 2 aromatic rings. The molecule has 1 aliphatic carbocycles. The van der Waals surface area contributed by atoms with Crippen molar-refractivity contribution in [3.05, 3.63) is 45.8 Å². The molecular weight excluding hydrogens is 522 g/mol. The van der Waals surface area contributed by atoms with Crippen LogP contribution < -0.4 is 19.9 Å². The summed E-state index contributed by atoms with van der Waals surface area (Å²) >= 11 is 6.11. The first-order valence-electron chi connectivity index (χ1n) is 12.0. The Kier molecular flexibility index (Phi) is 7.46. The van der Waals surface area contributed by atoms with Gasteiger partial charge in [0, 0.05) is 36.6 Å². The molecule has 1 aliphatic heterocycles. The van der Waals surface area contributed by atoms with Gasteiger partial charge in [0.25, 0.3) is 0 Å². The number of nitrogens with zero attached hydrogens (tertiary/aromatic N) is 4. The molecule has 11 nitrogen and oxygen atoms in total. The van der Waals surface area contributed by atoms with Gasteiger partial charge in [-0.1, -0.05) is 24.6 Å². The Hall–Kier alpha value is -2.83. The topological polar surface area (TPSA) is 123 Å². The van der Waals surface area contributed by atoms with Crippen molar-refractivity contribution in [3.8, 4) is 11.4 Å². The first-order chi connectivity index (χ1) is 17.3. The molecule has 202 valence electrons. The van der Waals surface area contributed by atoms with Gasteiger partial charge in [-0.15, -0.1) is 0 Å². The second kappa shape index (κ2) is 10.1. The lowest BCUT2D eigenvalue weighted by Crippen LogP contribution is -2.53. The number of amides is 1. The molecular formula is C24H32ClN5O6S. The van der Waals surface area contributed by atoms with Gasteiger partial charge in [0.05, 0.1) is 18.5 Å². The number of nitrogens with one attached hydrogen (secondary N) is 1. The van der Waals surface area contributed by atoms with E-state index in [1.807, 2.05) is 9.62 Å². The highest BCUT2D eigenvalue weighted by Crippen LogP contribution is 2.45. The Morgan fingerprint density at radius 3 is 2.46 bits per heavy atom. The first-order valence-corrected chi connectivity index (χ1v) is 13.9. The molecule has 37 heavy (non-hydrogen) atoms. The number of carbonyl (C=O) groups excluding carboxylic acids is 1. The van der Waals surface area contributed by atoms with Crippen molar-refractivity contribution in [1.29, 1.82) is 0 Å². The summed E-state index contributed by atoms with van der Waals surface area (Å²) in [4.78, 5) is 27.3. The second-order valence-electron chi connectivity index (χ2n) is 10.7. The Labute approximate surface area is 221 Å². The van der Waals surface area contributed by atoms with Crippen molar-refractivity contribution in [2.24, 2.45) is 5.41 Å². The Balaban J connectivity index is 1.53. The van der Waals surface area contributed by atoms with Crippen molar-refractivity contribution in [3.63, 3.8) is 0 Å². The number of anilines is 1. The minimum atomic E-state index is -4.09. The van der Waals surface area contributed by atoms with Crippen LogP contribution in [0.4, 0.5) is 10.5 Å². The van der Waals surface area contributed by atoms with Crippen LogP contribution in [0.1, 0.15) is 40.5 Å². The smallest absolute Gasteiger partial charge is 0.422 e. The number of benzene rings is 1. The van der Waals surface area contributed by atoms with Crippen molar-refractivity contribution in [2.75, 3.05) is 37.7 Å². The largest absolute Gasteiger partial charge is 0.486 e. The number of aromatic nitrogens is 2. The summed E-state index contributed by atoms with van der Waals surface area (Å²) in [6.45, 7) is 8.16. The van der Waals surface area contributed by atoms with Crippen LogP contribution in [0, 0.1) is 5.41 Å². The van der Waals surface area contributed by atoms with Gasteiger partial charge in [-0.3, -0.25) is 4.79 Å². The molecule has 0 bridgehead atoms. The zero-order valence-corrected chi connectivity index (χ0v) is 22.9. The predicted molar refractivity (Wildman–Crippen MR) is 140 cm³/mol. The quantitative estimate of drug-likeness (QED) is 0.555. The van der Waals surface area contributed by atoms with E-state index in [4.69, 9.17) is 21.1 Å². The molecule has 2 aliphatic rings. The lowest BCUT2D eigenvalue weighted by Gasteiger charge is -2.35. The van der Waals surface area contributed by atoms with Crippen LogP contribution in [0.2, 0.25) is 5.02 Å². The highest BCUT2D eigenvalue weighted by molar-refractivity contribution is 7.87. The molecule has 13 heteroatoms. The van der Waals surface area contributed by atoms with Gasteiger partial charge in [0.1, 0.15) is 11.3 Å². The highest BCUT2D eigenvalue weighted by Gasteiger charge is 2.39. The van der Waals surface area contributed by atoms with E-state index in [1.54, 1.807) is 51.2 Å². The molecule has 0 spiro atoms. The molecule has 1 N–H and O–H groups in total. The van der Waals surface area contributed by atoms with Gasteiger partial charge in [0.15, 0.2) is 0 Å². The van der Waals surface area contributed by atoms with Gasteiger partial charge in [-0.25, -0.2) is 9.52 Å². The summed E-state index contributed by atoms with van der Waals surface area (Å²) in [5.41, 5.74) is -0.218. The van der Waals surface area contributed by atoms with Gasteiger partial charge < -0.3 is 14.4 Å². The van der Waals surface area contributed by atoms with E-state index in [2.05, 4.69) is 12.0 Å². The number of hydrogen-bond donors (Lipinski definition) is 1. The third kappa shape index (κ3) is 6.74. The van der Waals surface area contributed by atoms with Crippen molar-refractivity contribution in [1.82, 2.24) is 18.8 Å². The lowest BCUT2D eigenvalue weighted by molar-refractivity contribution is 0.0567. The van der Waals surface area contributed by atoms with E-state index in [0.717, 1.165) is 12.8 Å². The van der Waals surface area contributed by atoms with Gasteiger partial charge in [-0.05, 0) is 51.8 Å². The molecule has 1 amide bonds. The normalized spacial score (nSPS) is 17.8. The van der Waals surface area contributed by atoms with Crippen molar-refractivity contribution < 1.29 is 22.7 Å². The number of hydrogen-bond acceptors (Lipinski definition) is 8. The number of carbonyl (C=O) groups is 1. The van der Waals surface area contributed by atoms with E-state index < -0.39 is 27.5 Å². The molecule has 1 aromatic heterocycles. The predicted octanol–water partition coefficient (Wildman–Crippen LogP) is 2.96.